The van der Waals surface area contributed by atoms with Gasteiger partial charge in [-0.25, -0.2) is 9.37 Å². The van der Waals surface area contributed by atoms with Crippen molar-refractivity contribution >= 4 is 22.6 Å². The van der Waals surface area contributed by atoms with E-state index >= 15 is 0 Å². The highest BCUT2D eigenvalue weighted by Crippen LogP contribution is 2.21. The van der Waals surface area contributed by atoms with Crippen LogP contribution in [0.2, 0.25) is 5.15 Å². The number of hydrogen-bond acceptors (Lipinski definition) is 3. The van der Waals surface area contributed by atoms with Gasteiger partial charge in [-0.1, -0.05) is 0 Å². The Morgan fingerprint density at radius 3 is 3.00 bits per heavy atom. The van der Waals surface area contributed by atoms with Gasteiger partial charge in [0.05, 0.1) is 6.61 Å². The Kier molecular flexibility index (Phi) is 2.78. The molecular formula is C10H8ClFN2O2. The monoisotopic (exact) mass is 242 g/mol. The molecule has 6 heteroatoms. The molecule has 0 aliphatic rings. The Hall–Kier alpha value is -1.62. The van der Waals surface area contributed by atoms with Crippen LogP contribution in [-0.4, -0.2) is 11.6 Å². The summed E-state index contributed by atoms with van der Waals surface area (Å²) in [6.45, 7) is 2.10. The maximum atomic E-state index is 12.9. The zero-order valence-corrected chi connectivity index (χ0v) is 9.16. The molecule has 0 N–H and O–H groups in total. The fourth-order valence-corrected chi connectivity index (χ4v) is 1.52. The van der Waals surface area contributed by atoms with E-state index < -0.39 is 5.82 Å². The maximum Gasteiger partial charge on any atom is 0.350 e. The lowest BCUT2D eigenvalue weighted by molar-refractivity contribution is -0.575. The second-order valence-electron chi connectivity index (χ2n) is 3.07. The van der Waals surface area contributed by atoms with E-state index in [9.17, 15) is 9.60 Å². The van der Waals surface area contributed by atoms with Crippen LogP contribution in [0.1, 0.15) is 6.92 Å². The third kappa shape index (κ3) is 1.74. The van der Waals surface area contributed by atoms with E-state index in [4.69, 9.17) is 16.3 Å². The van der Waals surface area contributed by atoms with Gasteiger partial charge in [0.15, 0.2) is 0 Å². The third-order valence-electron chi connectivity index (χ3n) is 2.01. The Morgan fingerprint density at radius 1 is 1.56 bits per heavy atom. The van der Waals surface area contributed by atoms with Gasteiger partial charge < -0.3 is 9.94 Å². The Bertz CT molecular complexity index is 548. The summed E-state index contributed by atoms with van der Waals surface area (Å²) in [7, 11) is 0. The molecule has 0 spiro atoms. The van der Waals surface area contributed by atoms with Crippen molar-refractivity contribution in [1.82, 2.24) is 4.98 Å². The maximum absolute atomic E-state index is 12.9. The quantitative estimate of drug-likeness (QED) is 0.598. The number of rotatable bonds is 2. The minimum atomic E-state index is -0.515. The van der Waals surface area contributed by atoms with Gasteiger partial charge in [-0.2, -0.15) is 0 Å². The number of fused-ring (bicyclic) bond motifs is 1. The van der Waals surface area contributed by atoms with Crippen molar-refractivity contribution in [3.05, 3.63) is 34.4 Å². The summed E-state index contributed by atoms with van der Waals surface area (Å²) in [6.07, 6.45) is 0. The summed E-state index contributed by atoms with van der Waals surface area (Å²) >= 11 is 5.74. The average Bonchev–Trinajstić information content (AvgIpc) is 2.27. The zero-order chi connectivity index (χ0) is 11.7. The van der Waals surface area contributed by atoms with Crippen molar-refractivity contribution in [2.75, 3.05) is 6.61 Å². The molecule has 0 bridgehead atoms. The van der Waals surface area contributed by atoms with Crippen LogP contribution in [0.5, 0.6) is 5.88 Å². The molecule has 0 saturated carbocycles. The lowest BCUT2D eigenvalue weighted by atomic mass is 10.3. The molecule has 0 aliphatic heterocycles. The molecule has 1 aromatic carbocycles. The van der Waals surface area contributed by atoms with Crippen molar-refractivity contribution in [1.29, 1.82) is 0 Å². The molecule has 0 aliphatic carbocycles. The molecule has 1 heterocycles. The van der Waals surface area contributed by atoms with E-state index in [0.29, 0.717) is 16.9 Å². The van der Waals surface area contributed by atoms with Gasteiger partial charge in [-0.3, -0.25) is 0 Å². The molecule has 16 heavy (non-hydrogen) atoms. The van der Waals surface area contributed by atoms with Crippen LogP contribution in [0, 0.1) is 11.0 Å². The minimum Gasteiger partial charge on any atom is -0.617 e. The highest BCUT2D eigenvalue weighted by Gasteiger charge is 2.18. The molecule has 0 saturated heterocycles. The van der Waals surface area contributed by atoms with Gasteiger partial charge in [0.2, 0.25) is 5.52 Å². The first kappa shape index (κ1) is 10.9. The zero-order valence-electron chi connectivity index (χ0n) is 8.41. The normalized spacial score (nSPS) is 10.7. The van der Waals surface area contributed by atoms with Gasteiger partial charge in [0, 0.05) is 6.07 Å². The van der Waals surface area contributed by atoms with Crippen molar-refractivity contribution in [3.8, 4) is 5.88 Å². The highest BCUT2D eigenvalue weighted by atomic mass is 35.5. The number of hydrogen-bond donors (Lipinski definition) is 0. The molecule has 4 nitrogen and oxygen atoms in total. The largest absolute Gasteiger partial charge is 0.617 e. The molecule has 1 aromatic heterocycles. The average molecular weight is 243 g/mol. The molecule has 84 valence electrons. The van der Waals surface area contributed by atoms with Crippen molar-refractivity contribution in [2.24, 2.45) is 0 Å². The molecule has 2 rings (SSSR count). The Morgan fingerprint density at radius 2 is 2.31 bits per heavy atom. The third-order valence-corrected chi connectivity index (χ3v) is 2.33. The van der Waals surface area contributed by atoms with Crippen molar-refractivity contribution < 1.29 is 13.9 Å². The molecular weight excluding hydrogens is 235 g/mol. The predicted octanol–water partition coefficient (Wildman–Crippen LogP) is 2.06. The summed E-state index contributed by atoms with van der Waals surface area (Å²) in [5.41, 5.74) is 0.415. The number of halogens is 2. The van der Waals surface area contributed by atoms with E-state index in [-0.39, 0.29) is 16.5 Å². The lowest BCUT2D eigenvalue weighted by Gasteiger charge is -2.07. The van der Waals surface area contributed by atoms with Crippen LogP contribution in [0.15, 0.2) is 18.2 Å². The first-order valence-corrected chi connectivity index (χ1v) is 5.02. The molecule has 0 unspecified atom stereocenters. The van der Waals surface area contributed by atoms with Crippen LogP contribution >= 0.6 is 11.6 Å². The van der Waals surface area contributed by atoms with Crippen molar-refractivity contribution in [2.45, 2.75) is 6.92 Å². The summed E-state index contributed by atoms with van der Waals surface area (Å²) in [4.78, 5) is 4.02. The Labute approximate surface area is 95.8 Å². The molecule has 2 aromatic rings. The van der Waals surface area contributed by atoms with Crippen LogP contribution < -0.4 is 9.47 Å². The fourth-order valence-electron chi connectivity index (χ4n) is 1.33. The van der Waals surface area contributed by atoms with Crippen LogP contribution in [-0.2, 0) is 0 Å². The number of aromatic nitrogens is 2. The topological polar surface area (TPSA) is 49.1 Å². The molecule has 0 radical (unpaired) electrons. The Balaban J connectivity index is 2.72. The van der Waals surface area contributed by atoms with Crippen LogP contribution in [0.4, 0.5) is 4.39 Å². The lowest BCUT2D eigenvalue weighted by Crippen LogP contribution is -2.30. The number of ether oxygens (including phenoxy) is 1. The van der Waals surface area contributed by atoms with Gasteiger partial charge >= 0.3 is 11.0 Å². The van der Waals surface area contributed by atoms with E-state index in [0.717, 1.165) is 6.07 Å². The van der Waals surface area contributed by atoms with Gasteiger partial charge in [0.25, 0.3) is 0 Å². The van der Waals surface area contributed by atoms with Gasteiger partial charge in [-0.15, -0.1) is 4.73 Å². The minimum absolute atomic E-state index is 0.0540. The predicted molar refractivity (Wildman–Crippen MR) is 56.8 cm³/mol. The summed E-state index contributed by atoms with van der Waals surface area (Å²) in [5.74, 6) is -0.461. The van der Waals surface area contributed by atoms with E-state index in [1.807, 2.05) is 0 Å². The second-order valence-corrected chi connectivity index (χ2v) is 3.43. The molecule has 0 amide bonds. The number of nitrogens with zero attached hydrogens (tertiary/aromatic N) is 2. The first-order chi connectivity index (χ1) is 7.63. The van der Waals surface area contributed by atoms with Gasteiger partial charge in [0.1, 0.15) is 11.3 Å². The summed E-state index contributed by atoms with van der Waals surface area (Å²) in [6, 6.07) is 3.70. The standard InChI is InChI=1S/C10H8ClFN2O2/c1-2-16-10-9(11)14(15)8-5-6(12)3-4-7(8)13-10/h3-5H,2H2,1H3. The summed E-state index contributed by atoms with van der Waals surface area (Å²) in [5, 5.41) is 11.5. The molecule has 0 fully saturated rings. The highest BCUT2D eigenvalue weighted by molar-refractivity contribution is 6.29. The van der Waals surface area contributed by atoms with Gasteiger partial charge in [-0.05, 0) is 30.7 Å². The SMILES string of the molecule is CCOc1nc2ccc(F)cc2[n+]([O-])c1Cl. The van der Waals surface area contributed by atoms with E-state index in [1.54, 1.807) is 6.92 Å². The second kappa shape index (κ2) is 4.09. The first-order valence-electron chi connectivity index (χ1n) is 4.64. The fraction of sp³-hybridized carbons (Fsp3) is 0.200. The van der Waals surface area contributed by atoms with Crippen molar-refractivity contribution in [3.63, 3.8) is 0 Å². The summed E-state index contributed by atoms with van der Waals surface area (Å²) < 4.78 is 18.4. The smallest absolute Gasteiger partial charge is 0.350 e. The van der Waals surface area contributed by atoms with Crippen LogP contribution in [0.3, 0.4) is 0 Å². The molecule has 0 atom stereocenters. The van der Waals surface area contributed by atoms with E-state index in [2.05, 4.69) is 4.98 Å². The number of benzene rings is 1. The van der Waals surface area contributed by atoms with E-state index in [1.165, 1.54) is 12.1 Å². The van der Waals surface area contributed by atoms with Crippen LogP contribution in [0.25, 0.3) is 11.0 Å².